The lowest BCUT2D eigenvalue weighted by Crippen LogP contribution is -2.38. The first-order valence-corrected chi connectivity index (χ1v) is 5.77. The Hall–Kier alpha value is -2.68. The van der Waals surface area contributed by atoms with Crippen molar-refractivity contribution in [3.63, 3.8) is 0 Å². The van der Waals surface area contributed by atoms with Crippen molar-refractivity contribution in [2.24, 2.45) is 0 Å². The van der Waals surface area contributed by atoms with Gasteiger partial charge in [0.1, 0.15) is 5.75 Å². The van der Waals surface area contributed by atoms with Gasteiger partial charge in [0.2, 0.25) is 0 Å². The molecule has 0 bridgehead atoms. The average molecular weight is 298 g/mol. The predicted molar refractivity (Wildman–Crippen MR) is 70.4 cm³/mol. The van der Waals surface area contributed by atoms with Crippen LogP contribution >= 0.6 is 0 Å². The van der Waals surface area contributed by atoms with E-state index in [4.69, 9.17) is 9.84 Å². The van der Waals surface area contributed by atoms with Crippen LogP contribution in [-0.4, -0.2) is 48.8 Å². The molecular weight excluding hydrogens is 284 g/mol. The fraction of sp³-hybridized carbons (Fsp3) is 0.333. The minimum Gasteiger partial charge on any atom is -0.496 e. The maximum Gasteiger partial charge on any atom is 0.334 e. The zero-order valence-electron chi connectivity index (χ0n) is 11.4. The van der Waals surface area contributed by atoms with E-state index in [9.17, 15) is 19.7 Å². The molecule has 2 N–H and O–H groups in total. The van der Waals surface area contributed by atoms with Crippen LogP contribution in [0.25, 0.3) is 0 Å². The van der Waals surface area contributed by atoms with E-state index in [1.54, 1.807) is 0 Å². The van der Waals surface area contributed by atoms with Gasteiger partial charge in [-0.05, 0) is 6.07 Å². The zero-order chi connectivity index (χ0) is 16.0. The van der Waals surface area contributed by atoms with Gasteiger partial charge in [0.05, 0.1) is 18.6 Å². The number of rotatable bonds is 7. The van der Waals surface area contributed by atoms with E-state index in [0.29, 0.717) is 0 Å². The SMILES string of the molecule is COc1cccc([N+](=O)[O-])c1C(=O)NCC(OC)C(=O)O. The fourth-order valence-corrected chi connectivity index (χ4v) is 1.62. The summed E-state index contributed by atoms with van der Waals surface area (Å²) in [4.78, 5) is 33.0. The fourth-order valence-electron chi connectivity index (χ4n) is 1.62. The maximum absolute atomic E-state index is 12.0. The molecule has 0 radical (unpaired) electrons. The number of carboxylic acid groups (broad SMARTS) is 1. The number of nitro groups is 1. The summed E-state index contributed by atoms with van der Waals surface area (Å²) in [6.07, 6.45) is -1.25. The van der Waals surface area contributed by atoms with Crippen LogP contribution in [0.1, 0.15) is 10.4 Å². The quantitative estimate of drug-likeness (QED) is 0.551. The van der Waals surface area contributed by atoms with Gasteiger partial charge in [-0.2, -0.15) is 0 Å². The van der Waals surface area contributed by atoms with Crippen molar-refractivity contribution in [2.75, 3.05) is 20.8 Å². The molecule has 0 spiro atoms. The summed E-state index contributed by atoms with van der Waals surface area (Å²) in [6, 6.07) is 3.93. The Balaban J connectivity index is 3.01. The largest absolute Gasteiger partial charge is 0.496 e. The van der Waals surface area contributed by atoms with E-state index in [1.807, 2.05) is 0 Å². The van der Waals surface area contributed by atoms with Gasteiger partial charge in [-0.15, -0.1) is 0 Å². The highest BCUT2D eigenvalue weighted by molar-refractivity contribution is 6.01. The summed E-state index contributed by atoms with van der Waals surface area (Å²) < 4.78 is 9.58. The molecule has 1 aromatic carbocycles. The lowest BCUT2D eigenvalue weighted by molar-refractivity contribution is -0.385. The van der Waals surface area contributed by atoms with Crippen molar-refractivity contribution in [1.82, 2.24) is 5.32 Å². The molecule has 0 saturated carbocycles. The number of carboxylic acids is 1. The number of carbonyl (C=O) groups is 2. The highest BCUT2D eigenvalue weighted by Crippen LogP contribution is 2.27. The molecule has 0 aliphatic rings. The number of nitro benzene ring substituents is 1. The molecular formula is C12H14N2O7. The van der Waals surface area contributed by atoms with Crippen LogP contribution < -0.4 is 10.1 Å². The minimum atomic E-state index is -1.26. The van der Waals surface area contributed by atoms with Crippen molar-refractivity contribution in [2.45, 2.75) is 6.10 Å². The third-order valence-electron chi connectivity index (χ3n) is 2.66. The number of benzene rings is 1. The number of aliphatic carboxylic acids is 1. The van der Waals surface area contributed by atoms with Crippen LogP contribution in [0.2, 0.25) is 0 Å². The summed E-state index contributed by atoms with van der Waals surface area (Å²) in [5.41, 5.74) is -0.707. The van der Waals surface area contributed by atoms with Gasteiger partial charge < -0.3 is 19.9 Å². The van der Waals surface area contributed by atoms with Crippen molar-refractivity contribution in [1.29, 1.82) is 0 Å². The summed E-state index contributed by atoms with van der Waals surface area (Å²) in [5.74, 6) is -2.05. The van der Waals surface area contributed by atoms with E-state index in [-0.39, 0.29) is 17.9 Å². The molecule has 1 rings (SSSR count). The van der Waals surface area contributed by atoms with E-state index in [1.165, 1.54) is 26.4 Å². The molecule has 0 aliphatic carbocycles. The molecule has 114 valence electrons. The third-order valence-corrected chi connectivity index (χ3v) is 2.66. The van der Waals surface area contributed by atoms with E-state index < -0.39 is 28.6 Å². The minimum absolute atomic E-state index is 0.0194. The second-order valence-corrected chi connectivity index (χ2v) is 3.88. The number of nitrogens with zero attached hydrogens (tertiary/aromatic N) is 1. The molecule has 1 amide bonds. The van der Waals surface area contributed by atoms with E-state index >= 15 is 0 Å². The van der Waals surface area contributed by atoms with Crippen molar-refractivity contribution < 1.29 is 29.1 Å². The monoisotopic (exact) mass is 298 g/mol. The zero-order valence-corrected chi connectivity index (χ0v) is 11.4. The number of carbonyl (C=O) groups excluding carboxylic acids is 1. The van der Waals surface area contributed by atoms with Gasteiger partial charge in [0.25, 0.3) is 11.6 Å². The van der Waals surface area contributed by atoms with Gasteiger partial charge in [-0.1, -0.05) is 6.07 Å². The van der Waals surface area contributed by atoms with Gasteiger partial charge >= 0.3 is 5.97 Å². The Labute approximate surface area is 119 Å². The van der Waals surface area contributed by atoms with Crippen molar-refractivity contribution >= 4 is 17.6 Å². The van der Waals surface area contributed by atoms with Crippen LogP contribution in [-0.2, 0) is 9.53 Å². The number of hydrogen-bond donors (Lipinski definition) is 2. The highest BCUT2D eigenvalue weighted by atomic mass is 16.6. The Morgan fingerprint density at radius 3 is 2.57 bits per heavy atom. The number of nitrogens with one attached hydrogen (secondary N) is 1. The van der Waals surface area contributed by atoms with Crippen LogP contribution in [0.3, 0.4) is 0 Å². The summed E-state index contributed by atoms with van der Waals surface area (Å²) >= 11 is 0. The molecule has 0 heterocycles. The Kier molecular flexibility index (Phi) is 5.61. The molecule has 21 heavy (non-hydrogen) atoms. The number of hydrogen-bond acceptors (Lipinski definition) is 6. The summed E-state index contributed by atoms with van der Waals surface area (Å²) in [7, 11) is 2.45. The molecule has 1 atom stereocenters. The lowest BCUT2D eigenvalue weighted by Gasteiger charge is -2.13. The van der Waals surface area contributed by atoms with E-state index in [0.717, 1.165) is 6.07 Å². The molecule has 0 aliphatic heterocycles. The first kappa shape index (κ1) is 16.4. The molecule has 9 heteroatoms. The van der Waals surface area contributed by atoms with E-state index in [2.05, 4.69) is 10.1 Å². The van der Waals surface area contributed by atoms with Gasteiger partial charge in [0.15, 0.2) is 11.7 Å². The molecule has 0 aromatic heterocycles. The molecule has 1 unspecified atom stereocenters. The predicted octanol–water partition coefficient (Wildman–Crippen LogP) is 0.433. The smallest absolute Gasteiger partial charge is 0.334 e. The van der Waals surface area contributed by atoms with Crippen LogP contribution in [0.5, 0.6) is 5.75 Å². The number of methoxy groups -OCH3 is 2. The topological polar surface area (TPSA) is 128 Å². The van der Waals surface area contributed by atoms with Crippen LogP contribution in [0, 0.1) is 10.1 Å². The normalized spacial score (nSPS) is 11.5. The average Bonchev–Trinajstić information content (AvgIpc) is 2.46. The first-order chi connectivity index (χ1) is 9.92. The highest BCUT2D eigenvalue weighted by Gasteiger charge is 2.26. The Morgan fingerprint density at radius 2 is 2.10 bits per heavy atom. The summed E-state index contributed by atoms with van der Waals surface area (Å²) in [5, 5.41) is 22.0. The van der Waals surface area contributed by atoms with Crippen molar-refractivity contribution in [3.8, 4) is 5.75 Å². The Morgan fingerprint density at radius 1 is 1.43 bits per heavy atom. The van der Waals surface area contributed by atoms with Crippen LogP contribution in [0.15, 0.2) is 18.2 Å². The molecule has 9 nitrogen and oxygen atoms in total. The molecule has 1 aromatic rings. The standard InChI is InChI=1S/C12H14N2O7/c1-20-8-5-3-4-7(14(18)19)10(8)11(15)13-6-9(21-2)12(16)17/h3-5,9H,6H2,1-2H3,(H,13,15)(H,16,17). The van der Waals surface area contributed by atoms with Crippen LogP contribution in [0.4, 0.5) is 5.69 Å². The number of amides is 1. The second-order valence-electron chi connectivity index (χ2n) is 3.88. The Bertz CT molecular complexity index is 559. The maximum atomic E-state index is 12.0. The molecule has 0 saturated heterocycles. The summed E-state index contributed by atoms with van der Waals surface area (Å²) in [6.45, 7) is -0.333. The van der Waals surface area contributed by atoms with Gasteiger partial charge in [-0.3, -0.25) is 14.9 Å². The third kappa shape index (κ3) is 3.89. The van der Waals surface area contributed by atoms with Gasteiger partial charge in [-0.25, -0.2) is 4.79 Å². The lowest BCUT2D eigenvalue weighted by atomic mass is 10.1. The number of ether oxygens (including phenoxy) is 2. The second kappa shape index (κ2) is 7.20. The van der Waals surface area contributed by atoms with Crippen molar-refractivity contribution in [3.05, 3.63) is 33.9 Å². The molecule has 0 fully saturated rings. The first-order valence-electron chi connectivity index (χ1n) is 5.77. The van der Waals surface area contributed by atoms with Gasteiger partial charge in [0, 0.05) is 13.2 Å².